The smallest absolute Gasteiger partial charge is 0.355 e. The van der Waals surface area contributed by atoms with Crippen LogP contribution in [0.15, 0.2) is 23.6 Å². The van der Waals surface area contributed by atoms with Crippen LogP contribution in [-0.4, -0.2) is 22.0 Å². The number of aromatic carboxylic acids is 1. The second kappa shape index (κ2) is 6.04. The normalized spacial score (nSPS) is 19.4. The highest BCUT2D eigenvalue weighted by molar-refractivity contribution is 7.09. The van der Waals surface area contributed by atoms with Crippen LogP contribution in [0.4, 0.5) is 8.78 Å². The van der Waals surface area contributed by atoms with Gasteiger partial charge in [0.05, 0.1) is 6.54 Å². The van der Waals surface area contributed by atoms with Crippen LogP contribution >= 0.6 is 11.3 Å². The van der Waals surface area contributed by atoms with E-state index < -0.39 is 17.6 Å². The zero-order valence-electron chi connectivity index (χ0n) is 11.8. The van der Waals surface area contributed by atoms with Crippen molar-refractivity contribution in [3.63, 3.8) is 0 Å². The van der Waals surface area contributed by atoms with Crippen molar-refractivity contribution in [1.29, 1.82) is 0 Å². The summed E-state index contributed by atoms with van der Waals surface area (Å²) < 4.78 is 26.6. The second-order valence-corrected chi connectivity index (χ2v) is 6.21. The fraction of sp³-hybridized carbons (Fsp3) is 0.267. The molecule has 1 aliphatic rings. The minimum absolute atomic E-state index is 0.0584. The van der Waals surface area contributed by atoms with E-state index in [0.717, 1.165) is 17.4 Å². The van der Waals surface area contributed by atoms with E-state index >= 15 is 0 Å². The number of hydrogen-bond donors (Lipinski definition) is 2. The molecule has 0 bridgehead atoms. The highest BCUT2D eigenvalue weighted by Gasteiger charge is 2.45. The van der Waals surface area contributed by atoms with Gasteiger partial charge in [-0.2, -0.15) is 0 Å². The maximum Gasteiger partial charge on any atom is 0.355 e. The molecule has 1 amide bonds. The Balaban J connectivity index is 1.56. The number of benzene rings is 1. The first-order chi connectivity index (χ1) is 11.0. The molecule has 1 aromatic heterocycles. The summed E-state index contributed by atoms with van der Waals surface area (Å²) in [6.45, 7) is 0.131. The monoisotopic (exact) mass is 338 g/mol. The molecule has 1 aromatic carbocycles. The minimum Gasteiger partial charge on any atom is -0.476 e. The van der Waals surface area contributed by atoms with Gasteiger partial charge in [0.1, 0.15) is 16.6 Å². The Kier molecular flexibility index (Phi) is 4.08. The van der Waals surface area contributed by atoms with Crippen molar-refractivity contribution in [2.24, 2.45) is 5.92 Å². The van der Waals surface area contributed by atoms with Crippen molar-refractivity contribution < 1.29 is 23.5 Å². The fourth-order valence-corrected chi connectivity index (χ4v) is 3.12. The lowest BCUT2D eigenvalue weighted by atomic mass is 10.1. The lowest BCUT2D eigenvalue weighted by molar-refractivity contribution is -0.122. The number of nitrogens with one attached hydrogen (secondary N) is 1. The van der Waals surface area contributed by atoms with Crippen LogP contribution in [0.5, 0.6) is 0 Å². The Bertz CT molecular complexity index is 778. The van der Waals surface area contributed by atoms with Crippen LogP contribution in [0, 0.1) is 17.6 Å². The third-order valence-corrected chi connectivity index (χ3v) is 4.52. The standard InChI is InChI=1S/C15H12F2N2O3S/c16-7-1-2-8(11(17)3-7)9-4-10(9)14(20)18-5-13-19-12(6-23-13)15(21)22/h1-3,6,9-10H,4-5H2,(H,18,20)(H,21,22)/t9-,10+/m0/s1. The molecule has 0 spiro atoms. The van der Waals surface area contributed by atoms with Gasteiger partial charge in [-0.3, -0.25) is 4.79 Å². The molecule has 1 fully saturated rings. The predicted molar refractivity (Wildman–Crippen MR) is 78.1 cm³/mol. The number of amides is 1. The van der Waals surface area contributed by atoms with E-state index in [1.807, 2.05) is 0 Å². The molecule has 120 valence electrons. The molecule has 0 unspecified atom stereocenters. The molecule has 3 rings (SSSR count). The molecule has 2 N–H and O–H groups in total. The van der Waals surface area contributed by atoms with E-state index in [0.29, 0.717) is 17.0 Å². The number of thiazole rings is 1. The summed E-state index contributed by atoms with van der Waals surface area (Å²) in [6.07, 6.45) is 0.507. The summed E-state index contributed by atoms with van der Waals surface area (Å²) in [5, 5.41) is 13.3. The SMILES string of the molecule is O=C(O)c1csc(CNC(=O)[C@@H]2C[C@H]2c2ccc(F)cc2F)n1. The third-order valence-electron chi connectivity index (χ3n) is 3.67. The van der Waals surface area contributed by atoms with Gasteiger partial charge in [0.15, 0.2) is 5.69 Å². The Labute approximate surface area is 134 Å². The fourth-order valence-electron chi connectivity index (χ4n) is 2.41. The maximum absolute atomic E-state index is 13.7. The Morgan fingerprint density at radius 2 is 2.17 bits per heavy atom. The van der Waals surface area contributed by atoms with Gasteiger partial charge in [-0.15, -0.1) is 11.3 Å². The van der Waals surface area contributed by atoms with Crippen LogP contribution in [-0.2, 0) is 11.3 Å². The van der Waals surface area contributed by atoms with Crippen molar-refractivity contribution >= 4 is 23.2 Å². The molecule has 0 aliphatic heterocycles. The summed E-state index contributed by atoms with van der Waals surface area (Å²) in [4.78, 5) is 26.6. The number of carboxylic acid groups (broad SMARTS) is 1. The Hall–Kier alpha value is -2.35. The van der Waals surface area contributed by atoms with Gasteiger partial charge in [-0.25, -0.2) is 18.6 Å². The summed E-state index contributed by atoms with van der Waals surface area (Å²) in [5.74, 6) is -3.25. The molecule has 23 heavy (non-hydrogen) atoms. The molecular weight excluding hydrogens is 326 g/mol. The third kappa shape index (κ3) is 3.37. The molecule has 5 nitrogen and oxygen atoms in total. The lowest BCUT2D eigenvalue weighted by Gasteiger charge is -2.04. The molecule has 1 aliphatic carbocycles. The average Bonchev–Trinajstić information content (AvgIpc) is 3.13. The van der Waals surface area contributed by atoms with Gasteiger partial charge in [0.2, 0.25) is 5.91 Å². The lowest BCUT2D eigenvalue weighted by Crippen LogP contribution is -2.25. The molecule has 2 aromatic rings. The van der Waals surface area contributed by atoms with Crippen LogP contribution in [0.25, 0.3) is 0 Å². The van der Waals surface area contributed by atoms with Gasteiger partial charge < -0.3 is 10.4 Å². The number of carboxylic acids is 1. The summed E-state index contributed by atoms with van der Waals surface area (Å²) in [5.41, 5.74) is 0.283. The highest BCUT2D eigenvalue weighted by atomic mass is 32.1. The van der Waals surface area contributed by atoms with E-state index in [1.54, 1.807) is 0 Å². The van der Waals surface area contributed by atoms with Crippen molar-refractivity contribution in [2.75, 3.05) is 0 Å². The van der Waals surface area contributed by atoms with Crippen molar-refractivity contribution in [3.8, 4) is 0 Å². The minimum atomic E-state index is -1.12. The quantitative estimate of drug-likeness (QED) is 0.878. The summed E-state index contributed by atoms with van der Waals surface area (Å²) in [7, 11) is 0. The van der Waals surface area contributed by atoms with Gasteiger partial charge in [-0.05, 0) is 24.0 Å². The van der Waals surface area contributed by atoms with Gasteiger partial charge in [0, 0.05) is 17.4 Å². The first kappa shape index (κ1) is 15.5. The second-order valence-electron chi connectivity index (χ2n) is 5.26. The maximum atomic E-state index is 13.7. The Morgan fingerprint density at radius 1 is 1.39 bits per heavy atom. The van der Waals surface area contributed by atoms with Crippen molar-refractivity contribution in [3.05, 3.63) is 51.5 Å². The molecule has 1 saturated carbocycles. The zero-order chi connectivity index (χ0) is 16.6. The number of halogens is 2. The molecule has 1 heterocycles. The van der Waals surface area contributed by atoms with Crippen LogP contribution < -0.4 is 5.32 Å². The van der Waals surface area contributed by atoms with E-state index in [4.69, 9.17) is 5.11 Å². The number of carbonyl (C=O) groups is 2. The number of aromatic nitrogens is 1. The van der Waals surface area contributed by atoms with E-state index in [-0.39, 0.29) is 30.0 Å². The summed E-state index contributed by atoms with van der Waals surface area (Å²) >= 11 is 1.14. The Morgan fingerprint density at radius 3 is 2.83 bits per heavy atom. The molecule has 8 heteroatoms. The highest BCUT2D eigenvalue weighted by Crippen LogP contribution is 2.48. The zero-order valence-corrected chi connectivity index (χ0v) is 12.6. The van der Waals surface area contributed by atoms with Crippen LogP contribution in [0.1, 0.15) is 33.4 Å². The van der Waals surface area contributed by atoms with Crippen LogP contribution in [0.2, 0.25) is 0 Å². The van der Waals surface area contributed by atoms with E-state index in [9.17, 15) is 18.4 Å². The van der Waals surface area contributed by atoms with Crippen molar-refractivity contribution in [2.45, 2.75) is 18.9 Å². The van der Waals surface area contributed by atoms with Crippen LogP contribution in [0.3, 0.4) is 0 Å². The largest absolute Gasteiger partial charge is 0.476 e. The average molecular weight is 338 g/mol. The number of nitrogens with zero attached hydrogens (tertiary/aromatic N) is 1. The number of rotatable bonds is 5. The topological polar surface area (TPSA) is 79.3 Å². The molecule has 2 atom stereocenters. The predicted octanol–water partition coefficient (Wildman–Crippen LogP) is 2.54. The molecule has 0 radical (unpaired) electrons. The number of carbonyl (C=O) groups excluding carboxylic acids is 1. The van der Waals surface area contributed by atoms with Gasteiger partial charge in [0.25, 0.3) is 0 Å². The van der Waals surface area contributed by atoms with Crippen molar-refractivity contribution in [1.82, 2.24) is 10.3 Å². The first-order valence-corrected chi connectivity index (χ1v) is 7.74. The number of hydrogen-bond acceptors (Lipinski definition) is 4. The van der Waals surface area contributed by atoms with Gasteiger partial charge in [-0.1, -0.05) is 6.07 Å². The first-order valence-electron chi connectivity index (χ1n) is 6.86. The van der Waals surface area contributed by atoms with E-state index in [1.165, 1.54) is 17.5 Å². The summed E-state index contributed by atoms with van der Waals surface area (Å²) in [6, 6.07) is 3.35. The van der Waals surface area contributed by atoms with Gasteiger partial charge >= 0.3 is 5.97 Å². The molecule has 0 saturated heterocycles. The van der Waals surface area contributed by atoms with E-state index in [2.05, 4.69) is 10.3 Å². The molecular formula is C15H12F2N2O3S.